The van der Waals surface area contributed by atoms with Crippen LogP contribution in [0.1, 0.15) is 13.8 Å². The van der Waals surface area contributed by atoms with Gasteiger partial charge in [-0.1, -0.05) is 6.08 Å². The van der Waals surface area contributed by atoms with Crippen LogP contribution in [0.5, 0.6) is 0 Å². The smallest absolute Gasteiger partial charge is 0.248 e. The minimum absolute atomic E-state index is 0.0644. The first-order chi connectivity index (χ1) is 5.63. The number of methoxy groups -OCH3 is 1. The standard InChI is InChI=1S/C9H17NO2/c1-5-8(2)9(11)10(3)6-7-12-4/h5H,6-7H2,1-4H3/b8-5+. The predicted molar refractivity (Wildman–Crippen MR) is 48.9 cm³/mol. The molecule has 1 amide bonds. The summed E-state index contributed by atoms with van der Waals surface area (Å²) in [7, 11) is 3.40. The summed E-state index contributed by atoms with van der Waals surface area (Å²) in [6.45, 7) is 4.89. The van der Waals surface area contributed by atoms with Crippen LogP contribution >= 0.6 is 0 Å². The van der Waals surface area contributed by atoms with E-state index < -0.39 is 0 Å². The molecule has 0 aliphatic carbocycles. The van der Waals surface area contributed by atoms with Gasteiger partial charge in [-0.3, -0.25) is 4.79 Å². The number of amides is 1. The summed E-state index contributed by atoms with van der Waals surface area (Å²) in [4.78, 5) is 13.0. The largest absolute Gasteiger partial charge is 0.383 e. The molecule has 0 aliphatic heterocycles. The van der Waals surface area contributed by atoms with Gasteiger partial charge in [-0.2, -0.15) is 0 Å². The van der Waals surface area contributed by atoms with Gasteiger partial charge in [0.05, 0.1) is 6.61 Å². The first-order valence-electron chi connectivity index (χ1n) is 4.00. The Hall–Kier alpha value is -0.830. The van der Waals surface area contributed by atoms with Gasteiger partial charge in [-0.05, 0) is 13.8 Å². The molecular formula is C9H17NO2. The highest BCUT2D eigenvalue weighted by Gasteiger charge is 2.08. The highest BCUT2D eigenvalue weighted by atomic mass is 16.5. The van der Waals surface area contributed by atoms with E-state index in [1.54, 1.807) is 19.1 Å². The number of likely N-dealkylation sites (N-methyl/N-ethyl adjacent to an activating group) is 1. The van der Waals surface area contributed by atoms with Crippen LogP contribution in [0.4, 0.5) is 0 Å². The number of ether oxygens (including phenoxy) is 1. The van der Waals surface area contributed by atoms with Crippen LogP contribution in [0.2, 0.25) is 0 Å². The van der Waals surface area contributed by atoms with E-state index in [1.807, 2.05) is 19.9 Å². The summed E-state index contributed by atoms with van der Waals surface area (Å²) < 4.78 is 4.86. The fourth-order valence-corrected chi connectivity index (χ4v) is 0.754. The van der Waals surface area contributed by atoms with Crippen LogP contribution in [0.25, 0.3) is 0 Å². The molecule has 3 nitrogen and oxygen atoms in total. The molecule has 0 rings (SSSR count). The van der Waals surface area contributed by atoms with Gasteiger partial charge in [-0.15, -0.1) is 0 Å². The van der Waals surface area contributed by atoms with Gasteiger partial charge in [0, 0.05) is 26.3 Å². The van der Waals surface area contributed by atoms with Crippen LogP contribution in [0.15, 0.2) is 11.6 Å². The Kier molecular flexibility index (Phi) is 5.37. The van der Waals surface area contributed by atoms with Crippen LogP contribution in [-0.2, 0) is 9.53 Å². The predicted octanol–water partition coefficient (Wildman–Crippen LogP) is 1.06. The van der Waals surface area contributed by atoms with E-state index in [9.17, 15) is 4.79 Å². The molecule has 0 aromatic carbocycles. The van der Waals surface area contributed by atoms with E-state index in [0.29, 0.717) is 13.2 Å². The van der Waals surface area contributed by atoms with Crippen LogP contribution in [-0.4, -0.2) is 38.1 Å². The van der Waals surface area contributed by atoms with E-state index in [2.05, 4.69) is 0 Å². The van der Waals surface area contributed by atoms with Gasteiger partial charge in [0.15, 0.2) is 0 Å². The van der Waals surface area contributed by atoms with Gasteiger partial charge in [0.25, 0.3) is 0 Å². The lowest BCUT2D eigenvalue weighted by Gasteiger charge is -2.16. The zero-order valence-corrected chi connectivity index (χ0v) is 8.26. The van der Waals surface area contributed by atoms with Gasteiger partial charge < -0.3 is 9.64 Å². The normalized spacial score (nSPS) is 11.5. The average molecular weight is 171 g/mol. The molecule has 0 heterocycles. The molecule has 12 heavy (non-hydrogen) atoms. The molecule has 0 N–H and O–H groups in total. The summed E-state index contributed by atoms with van der Waals surface area (Å²) in [6, 6.07) is 0. The quantitative estimate of drug-likeness (QED) is 0.592. The van der Waals surface area contributed by atoms with E-state index in [0.717, 1.165) is 5.57 Å². The Balaban J connectivity index is 3.93. The first kappa shape index (κ1) is 11.2. The summed E-state index contributed by atoms with van der Waals surface area (Å²) in [5, 5.41) is 0. The molecule has 0 saturated carbocycles. The van der Waals surface area contributed by atoms with Gasteiger partial charge >= 0.3 is 0 Å². The van der Waals surface area contributed by atoms with Crippen molar-refractivity contribution in [2.45, 2.75) is 13.8 Å². The fraction of sp³-hybridized carbons (Fsp3) is 0.667. The van der Waals surface area contributed by atoms with Crippen molar-refractivity contribution in [3.05, 3.63) is 11.6 Å². The number of allylic oxidation sites excluding steroid dienone is 1. The maximum absolute atomic E-state index is 11.4. The van der Waals surface area contributed by atoms with Crippen molar-refractivity contribution in [2.75, 3.05) is 27.3 Å². The van der Waals surface area contributed by atoms with Crippen molar-refractivity contribution < 1.29 is 9.53 Å². The number of hydrogen-bond donors (Lipinski definition) is 0. The lowest BCUT2D eigenvalue weighted by molar-refractivity contribution is -0.126. The van der Waals surface area contributed by atoms with Crippen molar-refractivity contribution in [3.8, 4) is 0 Å². The van der Waals surface area contributed by atoms with Gasteiger partial charge in [0.1, 0.15) is 0 Å². The maximum Gasteiger partial charge on any atom is 0.248 e. The third kappa shape index (κ3) is 3.53. The minimum atomic E-state index is 0.0644. The molecule has 0 radical (unpaired) electrons. The zero-order chi connectivity index (χ0) is 9.56. The van der Waals surface area contributed by atoms with Crippen molar-refractivity contribution in [3.63, 3.8) is 0 Å². The second-order valence-corrected chi connectivity index (χ2v) is 2.69. The van der Waals surface area contributed by atoms with Crippen LogP contribution in [0.3, 0.4) is 0 Å². The third-order valence-corrected chi connectivity index (χ3v) is 1.75. The summed E-state index contributed by atoms with van der Waals surface area (Å²) >= 11 is 0. The summed E-state index contributed by atoms with van der Waals surface area (Å²) in [6.07, 6.45) is 1.81. The average Bonchev–Trinajstić information content (AvgIpc) is 2.11. The molecule has 0 aromatic rings. The first-order valence-corrected chi connectivity index (χ1v) is 4.00. The molecule has 0 spiro atoms. The number of carbonyl (C=O) groups is 1. The number of rotatable bonds is 4. The van der Waals surface area contributed by atoms with Crippen molar-refractivity contribution >= 4 is 5.91 Å². The maximum atomic E-state index is 11.4. The van der Waals surface area contributed by atoms with Gasteiger partial charge in [-0.25, -0.2) is 0 Å². The Morgan fingerprint density at radius 3 is 2.58 bits per heavy atom. The molecule has 0 saturated heterocycles. The van der Waals surface area contributed by atoms with Crippen LogP contribution < -0.4 is 0 Å². The van der Waals surface area contributed by atoms with E-state index in [4.69, 9.17) is 4.74 Å². The Labute approximate surface area is 74.0 Å². The van der Waals surface area contributed by atoms with Crippen LogP contribution in [0, 0.1) is 0 Å². The highest BCUT2D eigenvalue weighted by Crippen LogP contribution is 1.97. The van der Waals surface area contributed by atoms with E-state index in [-0.39, 0.29) is 5.91 Å². The highest BCUT2D eigenvalue weighted by molar-refractivity contribution is 5.92. The zero-order valence-electron chi connectivity index (χ0n) is 8.26. The molecule has 70 valence electrons. The second kappa shape index (κ2) is 5.77. The van der Waals surface area contributed by atoms with E-state index in [1.165, 1.54) is 0 Å². The summed E-state index contributed by atoms with van der Waals surface area (Å²) in [5.41, 5.74) is 0.772. The van der Waals surface area contributed by atoms with E-state index >= 15 is 0 Å². The lowest BCUT2D eigenvalue weighted by Crippen LogP contribution is -2.30. The molecule has 0 atom stereocenters. The number of carbonyl (C=O) groups excluding carboxylic acids is 1. The Bertz CT molecular complexity index is 175. The summed E-state index contributed by atoms with van der Waals surface area (Å²) in [5.74, 6) is 0.0644. The van der Waals surface area contributed by atoms with Gasteiger partial charge in [0.2, 0.25) is 5.91 Å². The van der Waals surface area contributed by atoms with Crippen molar-refractivity contribution in [1.82, 2.24) is 4.90 Å². The number of hydrogen-bond acceptors (Lipinski definition) is 2. The monoisotopic (exact) mass is 171 g/mol. The SMILES string of the molecule is C/C=C(\C)C(=O)N(C)CCOC. The molecule has 3 heteroatoms. The Morgan fingerprint density at radius 2 is 2.17 bits per heavy atom. The second-order valence-electron chi connectivity index (χ2n) is 2.69. The molecule has 0 fully saturated rings. The minimum Gasteiger partial charge on any atom is -0.383 e. The number of nitrogens with zero attached hydrogens (tertiary/aromatic N) is 1. The molecule has 0 aliphatic rings. The van der Waals surface area contributed by atoms with Crippen molar-refractivity contribution in [1.29, 1.82) is 0 Å². The topological polar surface area (TPSA) is 29.5 Å². The molecular weight excluding hydrogens is 154 g/mol. The molecule has 0 unspecified atom stereocenters. The Morgan fingerprint density at radius 1 is 1.58 bits per heavy atom. The lowest BCUT2D eigenvalue weighted by atomic mass is 10.2. The molecule has 0 aromatic heterocycles. The van der Waals surface area contributed by atoms with Crippen molar-refractivity contribution in [2.24, 2.45) is 0 Å². The molecule has 0 bridgehead atoms. The third-order valence-electron chi connectivity index (χ3n) is 1.75. The fourth-order valence-electron chi connectivity index (χ4n) is 0.754.